The Kier molecular flexibility index (Phi) is 3.97. The molecule has 0 radical (unpaired) electrons. The maximum absolute atomic E-state index is 12.1. The van der Waals surface area contributed by atoms with Crippen LogP contribution in [0.2, 0.25) is 0 Å². The summed E-state index contributed by atoms with van der Waals surface area (Å²) in [5.41, 5.74) is 8.53. The van der Waals surface area contributed by atoms with Crippen LogP contribution in [0.4, 0.5) is 5.69 Å². The highest BCUT2D eigenvalue weighted by Gasteiger charge is 2.18. The molecule has 0 fully saturated rings. The Labute approximate surface area is 112 Å². The van der Waals surface area contributed by atoms with E-state index in [-0.39, 0.29) is 5.91 Å². The molecule has 3 N–H and O–H groups in total. The van der Waals surface area contributed by atoms with Crippen LogP contribution in [-0.2, 0) is 18.3 Å². The molecule has 1 aromatic heterocycles. The normalized spacial score (nSPS) is 12.2. The van der Waals surface area contributed by atoms with Crippen molar-refractivity contribution in [1.82, 2.24) is 9.78 Å². The zero-order chi connectivity index (χ0) is 13.8. The molecule has 0 bridgehead atoms. The van der Waals surface area contributed by atoms with Crippen LogP contribution in [0, 0.1) is 0 Å². The van der Waals surface area contributed by atoms with E-state index in [9.17, 15) is 4.79 Å². The summed E-state index contributed by atoms with van der Waals surface area (Å²) in [5.74, 6) is -0.228. The van der Waals surface area contributed by atoms with Gasteiger partial charge in [0.15, 0.2) is 0 Å². The van der Waals surface area contributed by atoms with E-state index < -0.39 is 6.04 Å². The minimum Gasteiger partial charge on any atom is -0.324 e. The summed E-state index contributed by atoms with van der Waals surface area (Å²) in [5, 5.41) is 6.89. The quantitative estimate of drug-likeness (QED) is 0.875. The molecule has 0 aliphatic rings. The third kappa shape index (κ3) is 3.00. The van der Waals surface area contributed by atoms with Crippen molar-refractivity contribution in [2.75, 3.05) is 5.32 Å². The predicted molar refractivity (Wildman–Crippen MR) is 74.6 cm³/mol. The van der Waals surface area contributed by atoms with Crippen LogP contribution >= 0.6 is 0 Å². The number of carbonyl (C=O) groups excluding carboxylic acids is 1. The molecule has 0 aliphatic carbocycles. The Morgan fingerprint density at radius 2 is 2.21 bits per heavy atom. The van der Waals surface area contributed by atoms with Gasteiger partial charge in [0.2, 0.25) is 5.91 Å². The van der Waals surface area contributed by atoms with E-state index in [0.717, 1.165) is 17.7 Å². The highest BCUT2D eigenvalue weighted by molar-refractivity contribution is 5.95. The van der Waals surface area contributed by atoms with Crippen molar-refractivity contribution in [3.63, 3.8) is 0 Å². The largest absolute Gasteiger partial charge is 0.324 e. The van der Waals surface area contributed by atoms with Gasteiger partial charge in [-0.2, -0.15) is 5.10 Å². The highest BCUT2D eigenvalue weighted by Crippen LogP contribution is 2.18. The molecule has 0 saturated heterocycles. The molecule has 0 spiro atoms. The SMILES string of the molecule is CCc1ccccc1NC(=O)C(N)c1cnn(C)c1. The van der Waals surface area contributed by atoms with E-state index in [1.54, 1.807) is 24.1 Å². The average Bonchev–Trinajstić information content (AvgIpc) is 2.85. The van der Waals surface area contributed by atoms with Crippen molar-refractivity contribution in [1.29, 1.82) is 0 Å². The molecule has 1 amide bonds. The summed E-state index contributed by atoms with van der Waals surface area (Å²) in [6, 6.07) is 7.01. The fraction of sp³-hybridized carbons (Fsp3) is 0.286. The van der Waals surface area contributed by atoms with Gasteiger partial charge in [-0.25, -0.2) is 0 Å². The van der Waals surface area contributed by atoms with Gasteiger partial charge in [0.05, 0.1) is 6.20 Å². The number of benzene rings is 1. The number of hydrogen-bond donors (Lipinski definition) is 2. The Morgan fingerprint density at radius 1 is 1.47 bits per heavy atom. The molecule has 5 heteroatoms. The number of nitrogens with one attached hydrogen (secondary N) is 1. The van der Waals surface area contributed by atoms with Crippen molar-refractivity contribution >= 4 is 11.6 Å². The third-order valence-corrected chi connectivity index (χ3v) is 3.02. The lowest BCUT2D eigenvalue weighted by Crippen LogP contribution is -2.27. The van der Waals surface area contributed by atoms with Gasteiger partial charge < -0.3 is 11.1 Å². The average molecular weight is 258 g/mol. The number of para-hydroxylation sites is 1. The van der Waals surface area contributed by atoms with Gasteiger partial charge in [-0.3, -0.25) is 9.48 Å². The van der Waals surface area contributed by atoms with E-state index in [4.69, 9.17) is 5.73 Å². The van der Waals surface area contributed by atoms with Crippen LogP contribution in [0.1, 0.15) is 24.1 Å². The first-order chi connectivity index (χ1) is 9.11. The number of anilines is 1. The molecule has 1 atom stereocenters. The lowest BCUT2D eigenvalue weighted by atomic mass is 10.1. The molecular weight excluding hydrogens is 240 g/mol. The molecule has 0 aliphatic heterocycles. The van der Waals surface area contributed by atoms with Crippen molar-refractivity contribution in [3.05, 3.63) is 47.8 Å². The number of carbonyl (C=O) groups is 1. The maximum Gasteiger partial charge on any atom is 0.246 e. The Balaban J connectivity index is 2.12. The Bertz CT molecular complexity index is 576. The number of rotatable bonds is 4. The second-order valence-electron chi connectivity index (χ2n) is 4.42. The van der Waals surface area contributed by atoms with Crippen molar-refractivity contribution in [2.45, 2.75) is 19.4 Å². The number of amides is 1. The van der Waals surface area contributed by atoms with Crippen LogP contribution in [0.15, 0.2) is 36.7 Å². The summed E-state index contributed by atoms with van der Waals surface area (Å²) in [4.78, 5) is 12.1. The number of aromatic nitrogens is 2. The smallest absolute Gasteiger partial charge is 0.246 e. The molecule has 1 aromatic carbocycles. The summed E-state index contributed by atoms with van der Waals surface area (Å²) in [6.07, 6.45) is 4.21. The fourth-order valence-corrected chi connectivity index (χ4v) is 1.91. The maximum atomic E-state index is 12.1. The van der Waals surface area contributed by atoms with Crippen LogP contribution in [0.25, 0.3) is 0 Å². The molecule has 1 heterocycles. The number of nitrogens with two attached hydrogens (primary N) is 1. The van der Waals surface area contributed by atoms with E-state index >= 15 is 0 Å². The Hall–Kier alpha value is -2.14. The number of aryl methyl sites for hydroxylation is 2. The lowest BCUT2D eigenvalue weighted by Gasteiger charge is -2.13. The second-order valence-corrected chi connectivity index (χ2v) is 4.42. The van der Waals surface area contributed by atoms with Gasteiger partial charge in [0, 0.05) is 24.5 Å². The minimum atomic E-state index is -0.710. The van der Waals surface area contributed by atoms with Gasteiger partial charge in [0.25, 0.3) is 0 Å². The van der Waals surface area contributed by atoms with E-state index in [0.29, 0.717) is 5.56 Å². The van der Waals surface area contributed by atoms with Gasteiger partial charge in [0.1, 0.15) is 6.04 Å². The van der Waals surface area contributed by atoms with Crippen LogP contribution in [-0.4, -0.2) is 15.7 Å². The van der Waals surface area contributed by atoms with Crippen molar-refractivity contribution in [2.24, 2.45) is 12.8 Å². The van der Waals surface area contributed by atoms with Gasteiger partial charge in [-0.15, -0.1) is 0 Å². The number of hydrogen-bond acceptors (Lipinski definition) is 3. The third-order valence-electron chi connectivity index (χ3n) is 3.02. The fourth-order valence-electron chi connectivity index (χ4n) is 1.91. The van der Waals surface area contributed by atoms with Crippen LogP contribution < -0.4 is 11.1 Å². The first-order valence-corrected chi connectivity index (χ1v) is 6.24. The molecule has 2 rings (SSSR count). The zero-order valence-corrected chi connectivity index (χ0v) is 11.1. The molecule has 1 unspecified atom stereocenters. The topological polar surface area (TPSA) is 72.9 Å². The molecule has 0 saturated carbocycles. The molecule has 19 heavy (non-hydrogen) atoms. The first kappa shape index (κ1) is 13.3. The molecular formula is C14H18N4O. The minimum absolute atomic E-state index is 0.228. The number of nitrogens with zero attached hydrogens (tertiary/aromatic N) is 2. The first-order valence-electron chi connectivity index (χ1n) is 6.24. The van der Waals surface area contributed by atoms with Crippen molar-refractivity contribution in [3.8, 4) is 0 Å². The summed E-state index contributed by atoms with van der Waals surface area (Å²) < 4.78 is 1.63. The molecule has 5 nitrogen and oxygen atoms in total. The van der Waals surface area contributed by atoms with Gasteiger partial charge in [-0.05, 0) is 18.1 Å². The molecule has 2 aromatic rings. The Morgan fingerprint density at radius 3 is 2.84 bits per heavy atom. The summed E-state index contributed by atoms with van der Waals surface area (Å²) in [6.45, 7) is 2.05. The van der Waals surface area contributed by atoms with E-state index in [2.05, 4.69) is 10.4 Å². The monoisotopic (exact) mass is 258 g/mol. The van der Waals surface area contributed by atoms with Gasteiger partial charge in [-0.1, -0.05) is 25.1 Å². The standard InChI is InChI=1S/C14H18N4O/c1-3-10-6-4-5-7-12(10)17-14(19)13(15)11-8-16-18(2)9-11/h4-9,13H,3,15H2,1-2H3,(H,17,19). The van der Waals surface area contributed by atoms with E-state index in [1.807, 2.05) is 31.2 Å². The lowest BCUT2D eigenvalue weighted by molar-refractivity contribution is -0.117. The molecule has 100 valence electrons. The second kappa shape index (κ2) is 5.67. The highest BCUT2D eigenvalue weighted by atomic mass is 16.2. The van der Waals surface area contributed by atoms with Crippen LogP contribution in [0.3, 0.4) is 0 Å². The zero-order valence-electron chi connectivity index (χ0n) is 11.1. The van der Waals surface area contributed by atoms with Gasteiger partial charge >= 0.3 is 0 Å². The summed E-state index contributed by atoms with van der Waals surface area (Å²) in [7, 11) is 1.79. The van der Waals surface area contributed by atoms with Crippen LogP contribution in [0.5, 0.6) is 0 Å². The summed E-state index contributed by atoms with van der Waals surface area (Å²) >= 11 is 0. The van der Waals surface area contributed by atoms with Crippen molar-refractivity contribution < 1.29 is 4.79 Å². The predicted octanol–water partition coefficient (Wildman–Crippen LogP) is 1.62. The van der Waals surface area contributed by atoms with E-state index in [1.165, 1.54) is 0 Å².